The van der Waals surface area contributed by atoms with Crippen LogP contribution < -0.4 is 15.5 Å². The van der Waals surface area contributed by atoms with Crippen LogP contribution >= 0.6 is 0 Å². The normalized spacial score (nSPS) is 16.2. The van der Waals surface area contributed by atoms with Gasteiger partial charge in [0.1, 0.15) is 12.4 Å². The van der Waals surface area contributed by atoms with Gasteiger partial charge in [-0.25, -0.2) is 12.8 Å². The van der Waals surface area contributed by atoms with Crippen LogP contribution in [0.5, 0.6) is 0 Å². The average molecular weight is 937 g/mol. The van der Waals surface area contributed by atoms with Gasteiger partial charge in [-0.2, -0.15) is 4.58 Å². The van der Waals surface area contributed by atoms with Crippen molar-refractivity contribution in [3.05, 3.63) is 167 Å². The number of fused-ring (bicyclic) bond motifs is 4. The van der Waals surface area contributed by atoms with Gasteiger partial charge >= 0.3 is 0 Å². The van der Waals surface area contributed by atoms with Gasteiger partial charge in [-0.3, -0.25) is 9.59 Å². The van der Waals surface area contributed by atoms with E-state index in [4.69, 9.17) is 0 Å². The molecule has 2 heterocycles. The molecule has 0 saturated heterocycles. The summed E-state index contributed by atoms with van der Waals surface area (Å²) in [5.41, 5.74) is 9.22. The van der Waals surface area contributed by atoms with Crippen LogP contribution in [0, 0.1) is 5.82 Å². The summed E-state index contributed by atoms with van der Waals surface area (Å²) in [7, 11) is -4.27. The van der Waals surface area contributed by atoms with Crippen molar-refractivity contribution < 1.29 is 31.5 Å². The number of rotatable bonds is 20. The molecule has 0 unspecified atom stereocenters. The van der Waals surface area contributed by atoms with Crippen molar-refractivity contribution >= 4 is 49.8 Å². The Morgan fingerprint density at radius 1 is 0.809 bits per heavy atom. The maximum atomic E-state index is 14.9. The minimum atomic E-state index is -4.27. The van der Waals surface area contributed by atoms with Crippen LogP contribution in [0.3, 0.4) is 0 Å². The highest BCUT2D eigenvalue weighted by Gasteiger charge is 2.45. The van der Waals surface area contributed by atoms with Crippen molar-refractivity contribution in [3.63, 3.8) is 0 Å². The zero-order valence-electron chi connectivity index (χ0n) is 40.3. The number of allylic oxidation sites excluding steroid dienone is 6. The summed E-state index contributed by atoms with van der Waals surface area (Å²) in [4.78, 5) is 28.3. The number of benzene rings is 5. The molecule has 2 aliphatic heterocycles. The molecule has 2 amide bonds. The first-order valence-electron chi connectivity index (χ1n) is 24.0. The third kappa shape index (κ3) is 11.2. The summed E-state index contributed by atoms with van der Waals surface area (Å²) in [5, 5.41) is 8.41. The predicted octanol–water partition coefficient (Wildman–Crippen LogP) is 10.9. The molecule has 356 valence electrons. The highest BCUT2D eigenvalue weighted by Crippen LogP contribution is 2.48. The van der Waals surface area contributed by atoms with Gasteiger partial charge in [0.2, 0.25) is 17.5 Å². The van der Waals surface area contributed by atoms with E-state index in [0.29, 0.717) is 43.6 Å². The van der Waals surface area contributed by atoms with Gasteiger partial charge < -0.3 is 20.1 Å². The van der Waals surface area contributed by atoms with Gasteiger partial charge in [-0.1, -0.05) is 111 Å². The van der Waals surface area contributed by atoms with Crippen LogP contribution in [-0.4, -0.2) is 67.0 Å². The van der Waals surface area contributed by atoms with E-state index in [1.165, 1.54) is 33.7 Å². The molecular weight excluding hydrogens is 872 g/mol. The lowest BCUT2D eigenvalue weighted by Crippen LogP contribution is -2.29. The van der Waals surface area contributed by atoms with Crippen LogP contribution in [0.2, 0.25) is 0 Å². The number of halogens is 1. The van der Waals surface area contributed by atoms with Gasteiger partial charge in [-0.15, -0.1) is 0 Å². The Balaban J connectivity index is 0.912. The molecule has 5 aromatic carbocycles. The van der Waals surface area contributed by atoms with Crippen LogP contribution in [0.15, 0.2) is 139 Å². The molecule has 0 aliphatic carbocycles. The molecule has 1 atom stereocenters. The Morgan fingerprint density at radius 2 is 1.54 bits per heavy atom. The Bertz CT molecular complexity index is 2900. The van der Waals surface area contributed by atoms with Gasteiger partial charge in [0.25, 0.3) is 0 Å². The van der Waals surface area contributed by atoms with Crippen molar-refractivity contribution in [2.45, 2.75) is 96.8 Å². The molecule has 2 aliphatic rings. The molecule has 0 bridgehead atoms. The second kappa shape index (κ2) is 21.4. The summed E-state index contributed by atoms with van der Waals surface area (Å²) < 4.78 is 51.2. The SMILES string of the molecule is CCN1/C(=C/C=C/C=C/C2=[N+](CCCCS(=O)(=O)[O-])c3ccc4ccccc4c3C2(C)C)C(C)(C)c2cc(CC(=O)NCCCCCNC(=O)[C@@H](C)c3ccc(-c4ccccc4)c(F)c3)ccc21. The molecule has 0 aromatic heterocycles. The Morgan fingerprint density at radius 3 is 2.28 bits per heavy atom. The average Bonchev–Trinajstić information content (AvgIpc) is 3.66. The van der Waals surface area contributed by atoms with Crippen LogP contribution in [-0.2, 0) is 37.0 Å². The zero-order chi connectivity index (χ0) is 48.6. The van der Waals surface area contributed by atoms with E-state index in [-0.39, 0.29) is 40.6 Å². The number of hydrogen-bond donors (Lipinski definition) is 2. The Kier molecular flexibility index (Phi) is 15.7. The number of unbranched alkanes of at least 4 members (excludes halogenated alkanes) is 3. The zero-order valence-corrected chi connectivity index (χ0v) is 41.1. The maximum absolute atomic E-state index is 14.9. The standard InChI is InChI=1S/C57H65FN4O5S/c1-7-61-49-31-27-41(38-53(63)59-33-17-10-18-34-60-55(64)40(2)44-28-30-45(48(58)39-44)42-21-11-8-12-22-42)37-47(49)56(3,4)51(61)25-13-9-14-26-52-57(5,6)54-46-24-16-15-23-43(46)29-32-50(54)62(52)35-19-20-36-68(65,66)67/h8-9,11-16,21-32,37,39-40H,7,10,17-20,33-36,38H2,1-6H3,(H2-,59,60,63,64,65,66,67)/t40-/m0/s1. The van der Waals surface area contributed by atoms with Crippen molar-refractivity contribution in [2.24, 2.45) is 0 Å². The molecule has 0 spiro atoms. The van der Waals surface area contributed by atoms with E-state index in [0.717, 1.165) is 54.0 Å². The first kappa shape index (κ1) is 49.7. The van der Waals surface area contributed by atoms with Crippen LogP contribution in [0.1, 0.15) is 102 Å². The summed E-state index contributed by atoms with van der Waals surface area (Å²) >= 11 is 0. The van der Waals surface area contributed by atoms with E-state index in [9.17, 15) is 27.0 Å². The number of amides is 2. The lowest BCUT2D eigenvalue weighted by Gasteiger charge is -2.25. The topological polar surface area (TPSA) is 122 Å². The molecule has 0 fully saturated rings. The number of anilines is 1. The number of nitrogens with one attached hydrogen (secondary N) is 2. The molecule has 11 heteroatoms. The fourth-order valence-corrected chi connectivity index (χ4v) is 10.5. The lowest BCUT2D eigenvalue weighted by atomic mass is 9.79. The number of hydrogen-bond acceptors (Lipinski definition) is 6. The van der Waals surface area contributed by atoms with E-state index in [1.807, 2.05) is 48.5 Å². The van der Waals surface area contributed by atoms with Gasteiger partial charge in [0.05, 0.1) is 27.9 Å². The summed E-state index contributed by atoms with van der Waals surface area (Å²) in [6.45, 7) is 15.3. The third-order valence-electron chi connectivity index (χ3n) is 13.6. The van der Waals surface area contributed by atoms with Crippen LogP contribution in [0.25, 0.3) is 21.9 Å². The second-order valence-electron chi connectivity index (χ2n) is 19.0. The highest BCUT2D eigenvalue weighted by molar-refractivity contribution is 7.85. The van der Waals surface area contributed by atoms with Gasteiger partial charge in [0, 0.05) is 71.9 Å². The molecular formula is C57H65FN4O5S. The third-order valence-corrected chi connectivity index (χ3v) is 14.4. The number of carbonyl (C=O) groups excluding carboxylic acids is 2. The van der Waals surface area contributed by atoms with E-state index in [2.05, 4.69) is 128 Å². The Labute approximate surface area is 402 Å². The quantitative estimate of drug-likeness (QED) is 0.0347. The summed E-state index contributed by atoms with van der Waals surface area (Å²) in [5.74, 6) is -1.36. The minimum absolute atomic E-state index is 0.0280. The van der Waals surface area contributed by atoms with Gasteiger partial charge in [0.15, 0.2) is 5.71 Å². The lowest BCUT2D eigenvalue weighted by molar-refractivity contribution is -0.438. The molecule has 0 radical (unpaired) electrons. The highest BCUT2D eigenvalue weighted by atomic mass is 32.2. The first-order valence-corrected chi connectivity index (χ1v) is 25.6. The summed E-state index contributed by atoms with van der Waals surface area (Å²) in [6.07, 6.45) is 14.1. The number of carbonyl (C=O) groups is 2. The number of likely N-dealkylation sites (N-methyl/N-ethyl adjacent to an activating group) is 1. The predicted molar refractivity (Wildman–Crippen MR) is 273 cm³/mol. The molecule has 2 N–H and O–H groups in total. The Hall–Kier alpha value is -6.17. The minimum Gasteiger partial charge on any atom is -0.748 e. The van der Waals surface area contributed by atoms with Crippen molar-refractivity contribution in [2.75, 3.05) is 36.8 Å². The maximum Gasteiger partial charge on any atom is 0.227 e. The molecule has 68 heavy (non-hydrogen) atoms. The van der Waals surface area contributed by atoms with E-state index < -0.39 is 16.0 Å². The van der Waals surface area contributed by atoms with Crippen molar-refractivity contribution in [1.82, 2.24) is 10.6 Å². The second-order valence-corrected chi connectivity index (χ2v) is 20.6. The van der Waals surface area contributed by atoms with Crippen molar-refractivity contribution in [1.29, 1.82) is 0 Å². The monoisotopic (exact) mass is 936 g/mol. The van der Waals surface area contributed by atoms with Crippen molar-refractivity contribution in [3.8, 4) is 11.1 Å². The first-order chi connectivity index (χ1) is 32.5. The van der Waals surface area contributed by atoms with Crippen LogP contribution in [0.4, 0.5) is 15.8 Å². The molecule has 7 rings (SSSR count). The molecule has 9 nitrogen and oxygen atoms in total. The molecule has 0 saturated carbocycles. The fourth-order valence-electron chi connectivity index (χ4n) is 9.93. The summed E-state index contributed by atoms with van der Waals surface area (Å²) in [6, 6.07) is 33.4. The fraction of sp³-hybridized carbons (Fsp3) is 0.351. The van der Waals surface area contributed by atoms with E-state index >= 15 is 0 Å². The smallest absolute Gasteiger partial charge is 0.227 e. The largest absolute Gasteiger partial charge is 0.748 e. The number of nitrogens with zero attached hydrogens (tertiary/aromatic N) is 2. The van der Waals surface area contributed by atoms with E-state index in [1.54, 1.807) is 13.0 Å². The molecule has 5 aromatic rings. The van der Waals surface area contributed by atoms with Gasteiger partial charge in [-0.05, 0) is 111 Å².